The van der Waals surface area contributed by atoms with Crippen molar-refractivity contribution in [3.8, 4) is 22.5 Å². The summed E-state index contributed by atoms with van der Waals surface area (Å²) in [5.74, 6) is 1.83. The molecule has 0 spiro atoms. The second-order valence-electron chi connectivity index (χ2n) is 8.41. The molecule has 0 aliphatic carbocycles. The van der Waals surface area contributed by atoms with E-state index >= 15 is 0 Å². The van der Waals surface area contributed by atoms with Crippen LogP contribution in [-0.2, 0) is 11.8 Å². The first-order valence-corrected chi connectivity index (χ1v) is 10.9. The van der Waals surface area contributed by atoms with Gasteiger partial charge in [0.15, 0.2) is 0 Å². The van der Waals surface area contributed by atoms with Crippen LogP contribution in [0.25, 0.3) is 33.4 Å². The number of anilines is 1. The number of amides is 1. The SMILES string of the molecule is CC(=O)N1CCN(c2nc(-c3c(C)noc3C)cc3c2cc(-c2ccccc2)n3C)CC1. The highest BCUT2D eigenvalue weighted by Crippen LogP contribution is 2.37. The fraction of sp³-hybridized carbons (Fsp3) is 0.320. The maximum Gasteiger partial charge on any atom is 0.219 e. The molecule has 0 atom stereocenters. The van der Waals surface area contributed by atoms with Crippen molar-refractivity contribution in [3.05, 3.63) is 53.9 Å². The van der Waals surface area contributed by atoms with Crippen LogP contribution in [0.1, 0.15) is 18.4 Å². The summed E-state index contributed by atoms with van der Waals surface area (Å²) in [6.45, 7) is 8.41. The van der Waals surface area contributed by atoms with Gasteiger partial charge in [0.05, 0.1) is 22.5 Å². The average molecular weight is 430 g/mol. The van der Waals surface area contributed by atoms with Gasteiger partial charge in [-0.2, -0.15) is 0 Å². The zero-order valence-corrected chi connectivity index (χ0v) is 18.9. The Hall–Kier alpha value is -3.61. The van der Waals surface area contributed by atoms with Gasteiger partial charge in [0.25, 0.3) is 0 Å². The summed E-state index contributed by atoms with van der Waals surface area (Å²) in [4.78, 5) is 21.1. The van der Waals surface area contributed by atoms with Crippen molar-refractivity contribution in [2.24, 2.45) is 7.05 Å². The third kappa shape index (κ3) is 3.34. The fourth-order valence-electron chi connectivity index (χ4n) is 4.64. The molecule has 1 aliphatic heterocycles. The number of carbonyl (C=O) groups is 1. The largest absolute Gasteiger partial charge is 0.361 e. The minimum atomic E-state index is 0.123. The first-order valence-electron chi connectivity index (χ1n) is 10.9. The van der Waals surface area contributed by atoms with Crippen molar-refractivity contribution in [3.63, 3.8) is 0 Å². The lowest BCUT2D eigenvalue weighted by atomic mass is 10.1. The Kier molecular flexibility index (Phi) is 4.96. The molecule has 1 aromatic carbocycles. The predicted molar refractivity (Wildman–Crippen MR) is 126 cm³/mol. The van der Waals surface area contributed by atoms with Gasteiger partial charge in [-0.15, -0.1) is 0 Å². The summed E-state index contributed by atoms with van der Waals surface area (Å²) in [7, 11) is 2.10. The number of piperazine rings is 1. The molecule has 7 heteroatoms. The van der Waals surface area contributed by atoms with Gasteiger partial charge in [0.2, 0.25) is 5.91 Å². The van der Waals surface area contributed by atoms with Gasteiger partial charge in [-0.1, -0.05) is 35.5 Å². The molecule has 0 saturated carbocycles. The normalized spacial score (nSPS) is 14.4. The molecule has 4 aromatic rings. The van der Waals surface area contributed by atoms with E-state index in [1.54, 1.807) is 6.92 Å². The van der Waals surface area contributed by atoms with Crippen molar-refractivity contribution in [2.45, 2.75) is 20.8 Å². The van der Waals surface area contributed by atoms with Crippen molar-refractivity contribution in [2.75, 3.05) is 31.1 Å². The van der Waals surface area contributed by atoms with E-state index in [2.05, 4.69) is 58.1 Å². The Labute approximate surface area is 187 Å². The standard InChI is InChI=1S/C25H27N5O2/c1-16-24(17(2)32-27-16)21-15-23-20(14-22(28(23)4)19-8-6-5-7-9-19)25(26-21)30-12-10-29(11-13-30)18(3)31/h5-9,14-15H,10-13H2,1-4H3. The highest BCUT2D eigenvalue weighted by Gasteiger charge is 2.25. The first kappa shape index (κ1) is 20.3. The Morgan fingerprint density at radius 1 is 1.03 bits per heavy atom. The maximum atomic E-state index is 11.8. The number of rotatable bonds is 3. The number of hydrogen-bond donors (Lipinski definition) is 0. The molecule has 32 heavy (non-hydrogen) atoms. The summed E-state index contributed by atoms with van der Waals surface area (Å²) in [6, 6.07) is 14.8. The summed E-state index contributed by atoms with van der Waals surface area (Å²) >= 11 is 0. The van der Waals surface area contributed by atoms with Gasteiger partial charge in [-0.05, 0) is 31.5 Å². The minimum absolute atomic E-state index is 0.123. The number of benzene rings is 1. The quantitative estimate of drug-likeness (QED) is 0.489. The van der Waals surface area contributed by atoms with E-state index in [9.17, 15) is 4.79 Å². The first-order chi connectivity index (χ1) is 15.4. The predicted octanol–water partition coefficient (Wildman–Crippen LogP) is 4.18. The van der Waals surface area contributed by atoms with Crippen LogP contribution in [0.4, 0.5) is 5.82 Å². The topological polar surface area (TPSA) is 67.4 Å². The highest BCUT2D eigenvalue weighted by molar-refractivity contribution is 5.97. The number of aryl methyl sites for hydroxylation is 3. The third-order valence-electron chi connectivity index (χ3n) is 6.40. The van der Waals surface area contributed by atoms with E-state index in [0.717, 1.165) is 63.8 Å². The van der Waals surface area contributed by atoms with Crippen LogP contribution in [-0.4, -0.2) is 51.7 Å². The van der Waals surface area contributed by atoms with E-state index in [0.29, 0.717) is 13.1 Å². The lowest BCUT2D eigenvalue weighted by molar-refractivity contribution is -0.129. The van der Waals surface area contributed by atoms with E-state index in [1.807, 2.05) is 24.8 Å². The molecular weight excluding hydrogens is 402 g/mol. The van der Waals surface area contributed by atoms with Crippen molar-refractivity contribution in [1.29, 1.82) is 0 Å². The molecule has 1 aliphatic rings. The van der Waals surface area contributed by atoms with Gasteiger partial charge in [0.1, 0.15) is 11.6 Å². The Balaban J connectivity index is 1.69. The van der Waals surface area contributed by atoms with Crippen LogP contribution < -0.4 is 4.90 Å². The van der Waals surface area contributed by atoms with Crippen LogP contribution in [0.3, 0.4) is 0 Å². The molecule has 0 radical (unpaired) electrons. The number of pyridine rings is 1. The Morgan fingerprint density at radius 3 is 2.38 bits per heavy atom. The van der Waals surface area contributed by atoms with E-state index in [-0.39, 0.29) is 5.91 Å². The number of carbonyl (C=O) groups excluding carboxylic acids is 1. The summed E-state index contributed by atoms with van der Waals surface area (Å²) in [6.07, 6.45) is 0. The molecule has 4 heterocycles. The van der Waals surface area contributed by atoms with Gasteiger partial charge in [0, 0.05) is 51.2 Å². The van der Waals surface area contributed by atoms with Crippen LogP contribution in [0.5, 0.6) is 0 Å². The maximum absolute atomic E-state index is 11.8. The lowest BCUT2D eigenvalue weighted by Crippen LogP contribution is -2.48. The van der Waals surface area contributed by atoms with Gasteiger partial charge in [-0.25, -0.2) is 4.98 Å². The van der Waals surface area contributed by atoms with Crippen molar-refractivity contribution >= 4 is 22.6 Å². The molecule has 0 N–H and O–H groups in total. The number of hydrogen-bond acceptors (Lipinski definition) is 5. The zero-order valence-electron chi connectivity index (χ0n) is 18.9. The average Bonchev–Trinajstić information content (AvgIpc) is 3.32. The molecule has 5 rings (SSSR count). The van der Waals surface area contributed by atoms with E-state index in [1.165, 1.54) is 0 Å². The molecule has 7 nitrogen and oxygen atoms in total. The van der Waals surface area contributed by atoms with Crippen LogP contribution in [0, 0.1) is 13.8 Å². The smallest absolute Gasteiger partial charge is 0.219 e. The number of nitrogens with zero attached hydrogens (tertiary/aromatic N) is 5. The van der Waals surface area contributed by atoms with Crippen LogP contribution >= 0.6 is 0 Å². The summed E-state index contributed by atoms with van der Waals surface area (Å²) in [5.41, 5.74) is 6.05. The molecule has 0 bridgehead atoms. The molecule has 3 aromatic heterocycles. The fourth-order valence-corrected chi connectivity index (χ4v) is 4.64. The van der Waals surface area contributed by atoms with Crippen molar-refractivity contribution < 1.29 is 9.32 Å². The molecule has 1 amide bonds. The molecule has 1 fully saturated rings. The second-order valence-corrected chi connectivity index (χ2v) is 8.41. The molecule has 164 valence electrons. The number of fused-ring (bicyclic) bond motifs is 1. The molecule has 1 saturated heterocycles. The Morgan fingerprint density at radius 2 is 1.75 bits per heavy atom. The van der Waals surface area contributed by atoms with E-state index in [4.69, 9.17) is 9.51 Å². The minimum Gasteiger partial charge on any atom is -0.361 e. The van der Waals surface area contributed by atoms with Crippen molar-refractivity contribution in [1.82, 2.24) is 19.6 Å². The Bertz CT molecular complexity index is 1280. The summed E-state index contributed by atoms with van der Waals surface area (Å²) < 4.78 is 7.66. The van der Waals surface area contributed by atoms with Crippen LogP contribution in [0.15, 0.2) is 47.0 Å². The van der Waals surface area contributed by atoms with Gasteiger partial charge >= 0.3 is 0 Å². The number of aromatic nitrogens is 3. The molecular formula is C25H27N5O2. The van der Waals surface area contributed by atoms with Crippen LogP contribution in [0.2, 0.25) is 0 Å². The zero-order chi connectivity index (χ0) is 22.4. The van der Waals surface area contributed by atoms with Gasteiger partial charge < -0.3 is 18.9 Å². The molecule has 0 unspecified atom stereocenters. The summed E-state index contributed by atoms with van der Waals surface area (Å²) in [5, 5.41) is 5.25. The third-order valence-corrected chi connectivity index (χ3v) is 6.40. The van der Waals surface area contributed by atoms with E-state index < -0.39 is 0 Å². The second kappa shape index (κ2) is 7.82. The highest BCUT2D eigenvalue weighted by atomic mass is 16.5. The monoisotopic (exact) mass is 429 g/mol. The lowest BCUT2D eigenvalue weighted by Gasteiger charge is -2.35. The van der Waals surface area contributed by atoms with Gasteiger partial charge in [-0.3, -0.25) is 4.79 Å².